The Morgan fingerprint density at radius 2 is 2.29 bits per heavy atom. The standard InChI is InChI=1S/C8H8ClN3O2/c1-4(10)7-11-12-8(14-7)5-2-3-13-6(5)9/h2-4H,10H2,1H3. The van der Waals surface area contributed by atoms with Crippen LogP contribution in [0, 0.1) is 0 Å². The number of furan rings is 1. The van der Waals surface area contributed by atoms with E-state index in [2.05, 4.69) is 10.2 Å². The number of halogens is 1. The van der Waals surface area contributed by atoms with Crippen LogP contribution >= 0.6 is 11.6 Å². The minimum atomic E-state index is -0.290. The molecule has 0 saturated heterocycles. The zero-order valence-electron chi connectivity index (χ0n) is 7.40. The molecule has 0 spiro atoms. The summed E-state index contributed by atoms with van der Waals surface area (Å²) in [5.74, 6) is 0.688. The SMILES string of the molecule is CC(N)c1nnc(-c2ccoc2Cl)o1. The van der Waals surface area contributed by atoms with Crippen LogP contribution in [0.15, 0.2) is 21.2 Å². The summed E-state index contributed by atoms with van der Waals surface area (Å²) < 4.78 is 10.2. The van der Waals surface area contributed by atoms with Crippen molar-refractivity contribution in [2.75, 3.05) is 0 Å². The quantitative estimate of drug-likeness (QED) is 0.826. The molecule has 2 N–H and O–H groups in total. The first-order chi connectivity index (χ1) is 6.68. The minimum Gasteiger partial charge on any atom is -0.452 e. The molecule has 1 unspecified atom stereocenters. The highest BCUT2D eigenvalue weighted by atomic mass is 35.5. The van der Waals surface area contributed by atoms with Crippen LogP contribution in [0.2, 0.25) is 5.22 Å². The van der Waals surface area contributed by atoms with Gasteiger partial charge in [-0.05, 0) is 24.6 Å². The minimum absolute atomic E-state index is 0.227. The Labute approximate surface area is 84.9 Å². The van der Waals surface area contributed by atoms with Crippen LogP contribution in [0.25, 0.3) is 11.5 Å². The molecule has 1 atom stereocenters. The van der Waals surface area contributed by atoms with Gasteiger partial charge in [-0.1, -0.05) is 0 Å². The van der Waals surface area contributed by atoms with E-state index in [1.165, 1.54) is 6.26 Å². The van der Waals surface area contributed by atoms with Crippen molar-refractivity contribution >= 4 is 11.6 Å². The molecule has 0 aromatic carbocycles. The van der Waals surface area contributed by atoms with E-state index in [0.717, 1.165) is 0 Å². The van der Waals surface area contributed by atoms with Gasteiger partial charge >= 0.3 is 0 Å². The van der Waals surface area contributed by atoms with Gasteiger partial charge < -0.3 is 14.6 Å². The van der Waals surface area contributed by atoms with Gasteiger partial charge in [-0.15, -0.1) is 10.2 Å². The first-order valence-electron chi connectivity index (χ1n) is 4.01. The molecule has 0 saturated carbocycles. The van der Waals surface area contributed by atoms with Gasteiger partial charge in [0, 0.05) is 0 Å². The molecule has 5 nitrogen and oxygen atoms in total. The Bertz CT molecular complexity index is 435. The third-order valence-corrected chi connectivity index (χ3v) is 1.97. The summed E-state index contributed by atoms with van der Waals surface area (Å²) in [5, 5.41) is 7.80. The number of hydrogen-bond acceptors (Lipinski definition) is 5. The lowest BCUT2D eigenvalue weighted by molar-refractivity contribution is 0.472. The van der Waals surface area contributed by atoms with E-state index in [-0.39, 0.29) is 11.3 Å². The number of rotatable bonds is 2. The van der Waals surface area contributed by atoms with Crippen LogP contribution in [0.1, 0.15) is 18.9 Å². The monoisotopic (exact) mass is 213 g/mol. The maximum Gasteiger partial charge on any atom is 0.252 e. The first kappa shape index (κ1) is 9.23. The zero-order valence-corrected chi connectivity index (χ0v) is 8.15. The third kappa shape index (κ3) is 1.51. The molecule has 0 aliphatic rings. The molecule has 2 heterocycles. The van der Waals surface area contributed by atoms with Crippen LogP contribution in [0.5, 0.6) is 0 Å². The Hall–Kier alpha value is -1.33. The van der Waals surface area contributed by atoms with Crippen LogP contribution in [-0.2, 0) is 0 Å². The summed E-state index contributed by atoms with van der Waals surface area (Å²) in [5.41, 5.74) is 6.14. The fourth-order valence-electron chi connectivity index (χ4n) is 0.974. The lowest BCUT2D eigenvalue weighted by Gasteiger charge is -1.94. The molecule has 6 heteroatoms. The van der Waals surface area contributed by atoms with Crippen LogP contribution in [-0.4, -0.2) is 10.2 Å². The van der Waals surface area contributed by atoms with Crippen LogP contribution < -0.4 is 5.73 Å². The highest BCUT2D eigenvalue weighted by molar-refractivity contribution is 6.31. The second kappa shape index (κ2) is 3.43. The molecule has 0 aliphatic heterocycles. The average Bonchev–Trinajstić information content (AvgIpc) is 2.71. The molecular weight excluding hydrogens is 206 g/mol. The summed E-state index contributed by atoms with van der Waals surface area (Å²) >= 11 is 5.74. The summed E-state index contributed by atoms with van der Waals surface area (Å²) in [4.78, 5) is 0. The Morgan fingerprint density at radius 3 is 2.79 bits per heavy atom. The van der Waals surface area contributed by atoms with Gasteiger partial charge in [-0.3, -0.25) is 0 Å². The highest BCUT2D eigenvalue weighted by Crippen LogP contribution is 2.28. The van der Waals surface area contributed by atoms with Gasteiger partial charge in [0.05, 0.1) is 17.9 Å². The second-order valence-electron chi connectivity index (χ2n) is 2.84. The van der Waals surface area contributed by atoms with Gasteiger partial charge in [0.25, 0.3) is 5.89 Å². The molecule has 2 rings (SSSR count). The fraction of sp³-hybridized carbons (Fsp3) is 0.250. The van der Waals surface area contributed by atoms with Crippen molar-refractivity contribution in [3.8, 4) is 11.5 Å². The Kier molecular flexibility index (Phi) is 2.26. The molecule has 14 heavy (non-hydrogen) atoms. The maximum absolute atomic E-state index is 5.74. The van der Waals surface area contributed by atoms with E-state index in [1.807, 2.05) is 0 Å². The van der Waals surface area contributed by atoms with Gasteiger partial charge in [0.1, 0.15) is 0 Å². The molecule has 0 bridgehead atoms. The van der Waals surface area contributed by atoms with Crippen molar-refractivity contribution in [2.45, 2.75) is 13.0 Å². The Balaban J connectivity index is 2.39. The molecular formula is C8H8ClN3O2. The van der Waals surface area contributed by atoms with E-state index in [1.54, 1.807) is 13.0 Å². The van der Waals surface area contributed by atoms with Crippen molar-refractivity contribution < 1.29 is 8.83 Å². The lowest BCUT2D eigenvalue weighted by atomic mass is 10.3. The fourth-order valence-corrected chi connectivity index (χ4v) is 1.17. The summed E-state index contributed by atoms with van der Waals surface area (Å²) in [6, 6.07) is 1.36. The predicted molar refractivity (Wildman–Crippen MR) is 49.6 cm³/mol. The number of nitrogens with zero attached hydrogens (tertiary/aromatic N) is 2. The van der Waals surface area contributed by atoms with Gasteiger partial charge in [0.15, 0.2) is 0 Å². The van der Waals surface area contributed by atoms with E-state index >= 15 is 0 Å². The first-order valence-corrected chi connectivity index (χ1v) is 4.38. The molecule has 74 valence electrons. The molecule has 0 aliphatic carbocycles. The zero-order chi connectivity index (χ0) is 10.1. The van der Waals surface area contributed by atoms with E-state index in [0.29, 0.717) is 17.3 Å². The van der Waals surface area contributed by atoms with Crippen molar-refractivity contribution in [1.29, 1.82) is 0 Å². The van der Waals surface area contributed by atoms with E-state index in [4.69, 9.17) is 26.2 Å². The number of aromatic nitrogens is 2. The van der Waals surface area contributed by atoms with Crippen molar-refractivity contribution in [1.82, 2.24) is 10.2 Å². The highest BCUT2D eigenvalue weighted by Gasteiger charge is 2.15. The van der Waals surface area contributed by atoms with Gasteiger partial charge in [-0.25, -0.2) is 0 Å². The van der Waals surface area contributed by atoms with E-state index < -0.39 is 0 Å². The number of nitrogens with two attached hydrogens (primary N) is 1. The van der Waals surface area contributed by atoms with Crippen molar-refractivity contribution in [3.63, 3.8) is 0 Å². The van der Waals surface area contributed by atoms with Crippen molar-refractivity contribution in [2.24, 2.45) is 5.73 Å². The summed E-state index contributed by atoms with van der Waals surface area (Å²) in [6.45, 7) is 1.76. The van der Waals surface area contributed by atoms with Gasteiger partial charge in [-0.2, -0.15) is 0 Å². The average molecular weight is 214 g/mol. The Morgan fingerprint density at radius 1 is 1.50 bits per heavy atom. The molecule has 2 aromatic heterocycles. The predicted octanol–water partition coefficient (Wildman–Crippen LogP) is 2.00. The van der Waals surface area contributed by atoms with Crippen LogP contribution in [0.3, 0.4) is 0 Å². The third-order valence-electron chi connectivity index (χ3n) is 1.68. The van der Waals surface area contributed by atoms with E-state index in [9.17, 15) is 0 Å². The number of hydrogen-bond donors (Lipinski definition) is 1. The lowest BCUT2D eigenvalue weighted by Crippen LogP contribution is -2.04. The summed E-state index contributed by atoms with van der Waals surface area (Å²) in [7, 11) is 0. The van der Waals surface area contributed by atoms with Gasteiger partial charge in [0.2, 0.25) is 11.1 Å². The molecule has 2 aromatic rings. The second-order valence-corrected chi connectivity index (χ2v) is 3.19. The topological polar surface area (TPSA) is 78.1 Å². The summed E-state index contributed by atoms with van der Waals surface area (Å²) in [6.07, 6.45) is 1.45. The molecule has 0 fully saturated rings. The normalized spacial score (nSPS) is 13.1. The van der Waals surface area contributed by atoms with Crippen LogP contribution in [0.4, 0.5) is 0 Å². The molecule has 0 radical (unpaired) electrons. The largest absolute Gasteiger partial charge is 0.452 e. The van der Waals surface area contributed by atoms with Crippen molar-refractivity contribution in [3.05, 3.63) is 23.4 Å². The molecule has 0 amide bonds. The maximum atomic E-state index is 5.74. The smallest absolute Gasteiger partial charge is 0.252 e.